The van der Waals surface area contributed by atoms with Crippen LogP contribution in [0.3, 0.4) is 0 Å². The zero-order valence-corrected chi connectivity index (χ0v) is 13.3. The summed E-state index contributed by atoms with van der Waals surface area (Å²) in [5.74, 6) is -0.267. The second kappa shape index (κ2) is 6.49. The predicted octanol–water partition coefficient (Wildman–Crippen LogP) is 2.68. The van der Waals surface area contributed by atoms with Crippen molar-refractivity contribution in [1.82, 2.24) is 0 Å². The summed E-state index contributed by atoms with van der Waals surface area (Å²) in [5.41, 5.74) is 1.14. The highest BCUT2D eigenvalue weighted by atomic mass is 35.5. The van der Waals surface area contributed by atoms with Gasteiger partial charge in [0, 0.05) is 37.8 Å². The summed E-state index contributed by atoms with van der Waals surface area (Å²) < 4.78 is 0. The van der Waals surface area contributed by atoms with Crippen LogP contribution in [-0.4, -0.2) is 28.7 Å². The van der Waals surface area contributed by atoms with E-state index in [9.17, 15) is 14.4 Å². The van der Waals surface area contributed by atoms with Gasteiger partial charge in [0.15, 0.2) is 5.12 Å². The summed E-state index contributed by atoms with van der Waals surface area (Å²) >= 11 is 7.32. The lowest BCUT2D eigenvalue weighted by Crippen LogP contribution is -2.25. The zero-order chi connectivity index (χ0) is 15.6. The number of amides is 2. The molecule has 2 amide bonds. The third kappa shape index (κ3) is 3.98. The minimum atomic E-state index is -0.193. The van der Waals surface area contributed by atoms with Crippen molar-refractivity contribution in [2.75, 3.05) is 16.8 Å². The molecule has 21 heavy (non-hydrogen) atoms. The quantitative estimate of drug-likeness (QED) is 0.927. The third-order valence-corrected chi connectivity index (χ3v) is 4.28. The number of benzene rings is 1. The first-order chi connectivity index (χ1) is 9.86. The van der Waals surface area contributed by atoms with E-state index in [2.05, 4.69) is 5.32 Å². The highest BCUT2D eigenvalue weighted by Gasteiger charge is 2.33. The van der Waals surface area contributed by atoms with E-state index < -0.39 is 0 Å². The van der Waals surface area contributed by atoms with Crippen molar-refractivity contribution in [1.29, 1.82) is 0 Å². The van der Waals surface area contributed by atoms with Crippen LogP contribution in [0.4, 0.5) is 11.4 Å². The highest BCUT2D eigenvalue weighted by Crippen LogP contribution is 2.34. The van der Waals surface area contributed by atoms with Crippen LogP contribution in [0.1, 0.15) is 20.3 Å². The molecule has 1 aromatic carbocycles. The average Bonchev–Trinajstić information content (AvgIpc) is 2.71. The Hall–Kier alpha value is -1.53. The van der Waals surface area contributed by atoms with Gasteiger partial charge in [-0.25, -0.2) is 0 Å². The molecule has 1 saturated heterocycles. The monoisotopic (exact) mass is 326 g/mol. The van der Waals surface area contributed by atoms with Crippen molar-refractivity contribution in [3.05, 3.63) is 23.2 Å². The minimum absolute atomic E-state index is 0.00672. The molecule has 1 aromatic rings. The largest absolute Gasteiger partial charge is 0.326 e. The van der Waals surface area contributed by atoms with Crippen molar-refractivity contribution >= 4 is 51.7 Å². The summed E-state index contributed by atoms with van der Waals surface area (Å²) in [6.07, 6.45) is 0.310. The number of thioether (sulfide) groups is 1. The maximum Gasteiger partial charge on any atom is 0.228 e. The summed E-state index contributed by atoms with van der Waals surface area (Å²) in [5, 5.41) is 3.03. The molecule has 1 aliphatic rings. The molecule has 112 valence electrons. The van der Waals surface area contributed by atoms with Gasteiger partial charge in [-0.05, 0) is 18.2 Å². The molecule has 1 heterocycles. The smallest absolute Gasteiger partial charge is 0.228 e. The van der Waals surface area contributed by atoms with Crippen LogP contribution < -0.4 is 10.2 Å². The predicted molar refractivity (Wildman–Crippen MR) is 84.8 cm³/mol. The van der Waals surface area contributed by atoms with Gasteiger partial charge < -0.3 is 10.2 Å². The van der Waals surface area contributed by atoms with Gasteiger partial charge in [0.1, 0.15) is 0 Å². The molecule has 0 aliphatic carbocycles. The first-order valence-corrected chi connectivity index (χ1v) is 7.67. The fourth-order valence-electron chi connectivity index (χ4n) is 2.22. The third-order valence-electron chi connectivity index (χ3n) is 2.98. The van der Waals surface area contributed by atoms with Gasteiger partial charge in [-0.2, -0.15) is 0 Å². The Kier molecular flexibility index (Phi) is 4.90. The van der Waals surface area contributed by atoms with E-state index in [4.69, 9.17) is 11.6 Å². The fraction of sp³-hybridized carbons (Fsp3) is 0.357. The molecular formula is C14H15ClN2O3S. The minimum Gasteiger partial charge on any atom is -0.326 e. The van der Waals surface area contributed by atoms with Crippen LogP contribution >= 0.6 is 23.4 Å². The molecule has 0 aromatic heterocycles. The highest BCUT2D eigenvalue weighted by molar-refractivity contribution is 8.14. The topological polar surface area (TPSA) is 66.5 Å². The molecule has 1 atom stereocenters. The molecule has 0 radical (unpaired) electrons. The molecule has 0 saturated carbocycles. The zero-order valence-electron chi connectivity index (χ0n) is 11.7. The molecule has 0 spiro atoms. The van der Waals surface area contributed by atoms with Crippen LogP contribution in [0, 0.1) is 0 Å². The van der Waals surface area contributed by atoms with Gasteiger partial charge in [-0.3, -0.25) is 14.4 Å². The number of carbonyl (C=O) groups excluding carboxylic acids is 3. The Balaban J connectivity index is 2.22. The van der Waals surface area contributed by atoms with Crippen LogP contribution in [0.2, 0.25) is 5.02 Å². The van der Waals surface area contributed by atoms with Crippen LogP contribution in [0.15, 0.2) is 18.2 Å². The van der Waals surface area contributed by atoms with Crippen molar-refractivity contribution in [2.24, 2.45) is 0 Å². The Morgan fingerprint density at radius 2 is 2.10 bits per heavy atom. The lowest BCUT2D eigenvalue weighted by Gasteiger charge is -2.19. The number of nitrogens with zero attached hydrogens (tertiary/aromatic N) is 1. The molecule has 2 rings (SSSR count). The SMILES string of the molecule is CC(=O)Nc1ccc(Cl)c(N2CC(SC(C)=O)CC2=O)c1. The van der Waals surface area contributed by atoms with Gasteiger partial charge in [0.25, 0.3) is 0 Å². The van der Waals surface area contributed by atoms with E-state index in [1.165, 1.54) is 25.6 Å². The molecule has 1 N–H and O–H groups in total. The van der Waals surface area contributed by atoms with Gasteiger partial charge in [-0.15, -0.1) is 0 Å². The van der Waals surface area contributed by atoms with Crippen molar-refractivity contribution in [3.63, 3.8) is 0 Å². The Morgan fingerprint density at radius 1 is 1.38 bits per heavy atom. The van der Waals surface area contributed by atoms with Gasteiger partial charge in [0.2, 0.25) is 11.8 Å². The maximum absolute atomic E-state index is 12.1. The number of carbonyl (C=O) groups is 3. The Labute approximate surface area is 132 Å². The van der Waals surface area contributed by atoms with Crippen LogP contribution in [0.25, 0.3) is 0 Å². The first kappa shape index (κ1) is 15.9. The van der Waals surface area contributed by atoms with Crippen molar-refractivity contribution < 1.29 is 14.4 Å². The van der Waals surface area contributed by atoms with Crippen molar-refractivity contribution in [2.45, 2.75) is 25.5 Å². The van der Waals surface area contributed by atoms with E-state index in [1.54, 1.807) is 23.1 Å². The van der Waals surface area contributed by atoms with E-state index in [0.29, 0.717) is 29.4 Å². The second-order valence-electron chi connectivity index (χ2n) is 4.79. The number of anilines is 2. The molecular weight excluding hydrogens is 312 g/mol. The van der Waals surface area contributed by atoms with E-state index in [-0.39, 0.29) is 22.2 Å². The fourth-order valence-corrected chi connectivity index (χ4v) is 3.36. The summed E-state index contributed by atoms with van der Waals surface area (Å²) in [4.78, 5) is 35.9. The molecule has 1 fully saturated rings. The molecule has 1 unspecified atom stereocenters. The second-order valence-corrected chi connectivity index (χ2v) is 6.67. The van der Waals surface area contributed by atoms with Gasteiger partial charge in [0.05, 0.1) is 10.7 Å². The number of rotatable bonds is 3. The first-order valence-electron chi connectivity index (χ1n) is 6.41. The van der Waals surface area contributed by atoms with E-state index in [0.717, 1.165) is 0 Å². The molecule has 5 nitrogen and oxygen atoms in total. The van der Waals surface area contributed by atoms with Crippen LogP contribution in [0.5, 0.6) is 0 Å². The average molecular weight is 327 g/mol. The van der Waals surface area contributed by atoms with E-state index in [1.807, 2.05) is 0 Å². The standard InChI is InChI=1S/C14H15ClN2O3S/c1-8(18)16-10-3-4-12(15)13(5-10)17-7-11(6-14(17)20)21-9(2)19/h3-5,11H,6-7H2,1-2H3,(H,16,18). The lowest BCUT2D eigenvalue weighted by atomic mass is 10.2. The number of halogens is 1. The number of hydrogen-bond acceptors (Lipinski definition) is 4. The van der Waals surface area contributed by atoms with Gasteiger partial charge in [-0.1, -0.05) is 23.4 Å². The number of hydrogen-bond donors (Lipinski definition) is 1. The number of nitrogens with one attached hydrogen (secondary N) is 1. The van der Waals surface area contributed by atoms with Gasteiger partial charge >= 0.3 is 0 Å². The van der Waals surface area contributed by atoms with E-state index >= 15 is 0 Å². The normalized spacial score (nSPS) is 18.0. The molecule has 1 aliphatic heterocycles. The maximum atomic E-state index is 12.1. The lowest BCUT2D eigenvalue weighted by molar-refractivity contribution is -0.117. The van der Waals surface area contributed by atoms with Crippen LogP contribution in [-0.2, 0) is 14.4 Å². The summed E-state index contributed by atoms with van der Waals surface area (Å²) in [6.45, 7) is 3.34. The molecule has 7 heteroatoms. The van der Waals surface area contributed by atoms with Crippen molar-refractivity contribution in [3.8, 4) is 0 Å². The Bertz CT molecular complexity index is 606. The summed E-state index contributed by atoms with van der Waals surface area (Å²) in [6, 6.07) is 4.99. The molecule has 0 bridgehead atoms. The Morgan fingerprint density at radius 3 is 2.71 bits per heavy atom. The summed E-state index contributed by atoms with van der Waals surface area (Å²) in [7, 11) is 0.